The monoisotopic (exact) mass is 335 g/mol. The number of hydrogen-bond acceptors (Lipinski definition) is 4. The number of pyridine rings is 1. The van der Waals surface area contributed by atoms with E-state index in [2.05, 4.69) is 5.32 Å². The van der Waals surface area contributed by atoms with Crippen molar-refractivity contribution in [3.05, 3.63) is 65.1 Å². The first-order chi connectivity index (χ1) is 10.8. The summed E-state index contributed by atoms with van der Waals surface area (Å²) in [5.74, 6) is -0.386. The molecule has 0 fully saturated rings. The first-order valence-electron chi connectivity index (χ1n) is 6.80. The van der Waals surface area contributed by atoms with Crippen molar-refractivity contribution in [3.63, 3.8) is 0 Å². The summed E-state index contributed by atoms with van der Waals surface area (Å²) in [4.78, 5) is 12.2. The lowest BCUT2D eigenvalue weighted by Crippen LogP contribution is -2.28. The van der Waals surface area contributed by atoms with Crippen molar-refractivity contribution in [1.82, 2.24) is 9.62 Å². The molecule has 0 radical (unpaired) electrons. The fraction of sp³-hybridized carbons (Fsp3) is 0.200. The van der Waals surface area contributed by atoms with E-state index in [9.17, 15) is 18.4 Å². The molecule has 23 heavy (non-hydrogen) atoms. The van der Waals surface area contributed by atoms with Crippen LogP contribution in [0.3, 0.4) is 0 Å². The van der Waals surface area contributed by atoms with Gasteiger partial charge in [-0.25, -0.2) is 12.7 Å². The smallest absolute Gasteiger partial charge is 0.252 e. The maximum Gasteiger partial charge on any atom is 0.252 e. The lowest BCUT2D eigenvalue weighted by atomic mass is 10.2. The molecule has 0 atom stereocenters. The normalized spacial score (nSPS) is 11.4. The van der Waals surface area contributed by atoms with E-state index in [1.807, 2.05) is 0 Å². The van der Waals surface area contributed by atoms with Gasteiger partial charge in [0.1, 0.15) is 0 Å². The van der Waals surface area contributed by atoms with Gasteiger partial charge in [0.25, 0.3) is 5.91 Å². The minimum atomic E-state index is -3.59. The quantitative estimate of drug-likeness (QED) is 0.636. The Hall–Kier alpha value is -2.45. The molecular weight excluding hydrogens is 318 g/mol. The first kappa shape index (κ1) is 16.9. The van der Waals surface area contributed by atoms with Gasteiger partial charge in [-0.15, -0.1) is 0 Å². The van der Waals surface area contributed by atoms with Gasteiger partial charge in [0.05, 0.1) is 10.5 Å². The Balaban J connectivity index is 2.19. The van der Waals surface area contributed by atoms with Crippen molar-refractivity contribution in [2.75, 3.05) is 14.1 Å². The maximum absolute atomic E-state index is 12.3. The minimum absolute atomic E-state index is 0.0638. The first-order valence-corrected chi connectivity index (χ1v) is 8.24. The van der Waals surface area contributed by atoms with Gasteiger partial charge in [0, 0.05) is 32.8 Å². The van der Waals surface area contributed by atoms with Crippen molar-refractivity contribution in [2.24, 2.45) is 0 Å². The summed E-state index contributed by atoms with van der Waals surface area (Å²) in [6.45, 7) is 0.0638. The van der Waals surface area contributed by atoms with Crippen LogP contribution >= 0.6 is 0 Å². The SMILES string of the molecule is CN(C)S(=O)(=O)c1ccccc1CNC(=O)c1cc[n+]([O-])cc1. The maximum atomic E-state index is 12.3. The molecule has 0 bridgehead atoms. The molecule has 0 saturated heterocycles. The third kappa shape index (κ3) is 3.85. The Morgan fingerprint density at radius 1 is 1.17 bits per heavy atom. The second-order valence-electron chi connectivity index (χ2n) is 5.02. The van der Waals surface area contributed by atoms with Crippen LogP contribution < -0.4 is 10.0 Å². The highest BCUT2D eigenvalue weighted by Crippen LogP contribution is 2.18. The van der Waals surface area contributed by atoms with E-state index in [-0.39, 0.29) is 17.3 Å². The molecule has 1 N–H and O–H groups in total. The number of carbonyl (C=O) groups excluding carboxylic acids is 1. The zero-order chi connectivity index (χ0) is 17.0. The molecule has 1 aromatic heterocycles. The number of hydrogen-bond donors (Lipinski definition) is 1. The molecular formula is C15H17N3O4S. The largest absolute Gasteiger partial charge is 0.619 e. The van der Waals surface area contributed by atoms with Crippen molar-refractivity contribution in [2.45, 2.75) is 11.4 Å². The number of rotatable bonds is 5. The predicted molar refractivity (Wildman–Crippen MR) is 83.9 cm³/mol. The topological polar surface area (TPSA) is 93.4 Å². The van der Waals surface area contributed by atoms with Gasteiger partial charge in [-0.1, -0.05) is 18.2 Å². The Labute approximate surface area is 134 Å². The minimum Gasteiger partial charge on any atom is -0.619 e. The van der Waals surface area contributed by atoms with Crippen molar-refractivity contribution in [3.8, 4) is 0 Å². The Morgan fingerprint density at radius 2 is 1.78 bits per heavy atom. The van der Waals surface area contributed by atoms with E-state index in [0.29, 0.717) is 15.9 Å². The number of sulfonamides is 1. The van der Waals surface area contributed by atoms with Gasteiger partial charge >= 0.3 is 0 Å². The molecule has 0 unspecified atom stereocenters. The fourth-order valence-corrected chi connectivity index (χ4v) is 3.06. The van der Waals surface area contributed by atoms with Gasteiger partial charge in [0.15, 0.2) is 12.4 Å². The number of amides is 1. The van der Waals surface area contributed by atoms with E-state index < -0.39 is 10.0 Å². The molecule has 122 valence electrons. The second-order valence-corrected chi connectivity index (χ2v) is 7.14. The summed E-state index contributed by atoms with van der Waals surface area (Å²) in [7, 11) is -0.686. The molecule has 0 saturated carbocycles. The third-order valence-corrected chi connectivity index (χ3v) is 5.15. The van der Waals surface area contributed by atoms with E-state index >= 15 is 0 Å². The third-order valence-electron chi connectivity index (χ3n) is 3.23. The van der Waals surface area contributed by atoms with Crippen LogP contribution in [0.25, 0.3) is 0 Å². The highest BCUT2D eigenvalue weighted by molar-refractivity contribution is 7.89. The average Bonchev–Trinajstić information content (AvgIpc) is 2.53. The zero-order valence-electron chi connectivity index (χ0n) is 12.8. The van der Waals surface area contributed by atoms with E-state index in [1.165, 1.54) is 44.7 Å². The Kier molecular flexibility index (Phi) is 4.97. The standard InChI is InChI=1S/C15H17N3O4S/c1-17(2)23(21,22)14-6-4-3-5-13(14)11-16-15(19)12-7-9-18(20)10-8-12/h3-10H,11H2,1-2H3,(H,16,19). The molecule has 1 heterocycles. The van der Waals surface area contributed by atoms with Crippen LogP contribution in [0.4, 0.5) is 0 Å². The van der Waals surface area contributed by atoms with E-state index in [0.717, 1.165) is 4.31 Å². The molecule has 8 heteroatoms. The van der Waals surface area contributed by atoms with Crippen molar-refractivity contribution >= 4 is 15.9 Å². The van der Waals surface area contributed by atoms with Crippen molar-refractivity contribution in [1.29, 1.82) is 0 Å². The van der Waals surface area contributed by atoms with Crippen LogP contribution in [0.1, 0.15) is 15.9 Å². The van der Waals surface area contributed by atoms with Crippen molar-refractivity contribution < 1.29 is 17.9 Å². The van der Waals surface area contributed by atoms with Crippen LogP contribution in [0.2, 0.25) is 0 Å². The Morgan fingerprint density at radius 3 is 2.39 bits per heavy atom. The molecule has 0 spiro atoms. The summed E-state index contributed by atoms with van der Waals surface area (Å²) in [5, 5.41) is 13.6. The van der Waals surface area contributed by atoms with E-state index in [1.54, 1.807) is 18.2 Å². The zero-order valence-corrected chi connectivity index (χ0v) is 13.6. The lowest BCUT2D eigenvalue weighted by Gasteiger charge is -2.15. The number of carbonyl (C=O) groups is 1. The number of aromatic nitrogens is 1. The average molecular weight is 335 g/mol. The number of nitrogens with zero attached hydrogens (tertiary/aromatic N) is 2. The van der Waals surface area contributed by atoms with Gasteiger partial charge in [-0.2, -0.15) is 4.73 Å². The highest BCUT2D eigenvalue weighted by atomic mass is 32.2. The molecule has 0 aliphatic carbocycles. The molecule has 2 aromatic rings. The van der Waals surface area contributed by atoms with Crippen LogP contribution in [0, 0.1) is 5.21 Å². The van der Waals surface area contributed by atoms with Crippen LogP contribution in [-0.2, 0) is 16.6 Å². The number of benzene rings is 1. The number of nitrogens with one attached hydrogen (secondary N) is 1. The summed E-state index contributed by atoms with van der Waals surface area (Å²) in [5.41, 5.74) is 0.814. The van der Waals surface area contributed by atoms with Gasteiger partial charge in [-0.05, 0) is 11.6 Å². The van der Waals surface area contributed by atoms with Gasteiger partial charge in [-0.3, -0.25) is 4.79 Å². The van der Waals surface area contributed by atoms with E-state index in [4.69, 9.17) is 0 Å². The van der Waals surface area contributed by atoms with Gasteiger partial charge in [0.2, 0.25) is 10.0 Å². The molecule has 2 rings (SSSR count). The van der Waals surface area contributed by atoms with Crippen LogP contribution in [-0.4, -0.2) is 32.7 Å². The second kappa shape index (κ2) is 6.76. The summed E-state index contributed by atoms with van der Waals surface area (Å²) in [6.07, 6.45) is 2.44. The predicted octanol–water partition coefficient (Wildman–Crippen LogP) is 0.500. The molecule has 0 aliphatic heterocycles. The molecule has 1 amide bonds. The lowest BCUT2D eigenvalue weighted by molar-refractivity contribution is -0.605. The molecule has 0 aliphatic rings. The molecule has 7 nitrogen and oxygen atoms in total. The molecule has 1 aromatic carbocycles. The van der Waals surface area contributed by atoms with Gasteiger partial charge < -0.3 is 10.5 Å². The fourth-order valence-electron chi connectivity index (χ4n) is 1.94. The summed E-state index contributed by atoms with van der Waals surface area (Å²) >= 11 is 0. The highest BCUT2D eigenvalue weighted by Gasteiger charge is 2.20. The van der Waals surface area contributed by atoms with Crippen LogP contribution in [0.15, 0.2) is 53.7 Å². The summed E-state index contributed by atoms with van der Waals surface area (Å²) < 4.78 is 26.3. The Bertz CT molecular complexity index is 802. The van der Waals surface area contributed by atoms with Crippen LogP contribution in [0.5, 0.6) is 0 Å². The summed E-state index contributed by atoms with van der Waals surface area (Å²) in [6, 6.07) is 9.27.